The molecule has 16 N–H and O–H groups in total. The van der Waals surface area contributed by atoms with Crippen LogP contribution in [0, 0.1) is 0 Å². The minimum atomic E-state index is -1.34. The van der Waals surface area contributed by atoms with Gasteiger partial charge in [-0.25, -0.2) is 19.6 Å². The second-order valence-corrected chi connectivity index (χ2v) is 22.3. The van der Waals surface area contributed by atoms with Crippen molar-refractivity contribution in [3.63, 3.8) is 0 Å². The SMILES string of the molecule is O=C(CO)N[C@H]1C[C@@H](n2cnc3c(NC4CCC(Nc5nc(N6CC[C@@H](NC(=O)NCc7cccc(O)c7)C6)nc6c5ncn6[C@@H]5C[C@H](NC(=O)CO)[C@@H](O)[C@H]5O)CC4)nc(N4CC[C@@H](NC(=O)NCc5cccc(O)c5)C4)nc32)[C@H](O)[C@@H]1O. The Kier molecular flexibility index (Phi) is 17.0. The number of aromatic hydroxyl groups is 2. The van der Waals surface area contributed by atoms with Gasteiger partial charge in [-0.15, -0.1) is 0 Å². The Morgan fingerprint density at radius 3 is 1.33 bits per heavy atom. The molecule has 6 aromatic rings. The normalized spacial score (nSPS) is 26.8. The number of urea groups is 2. The molecular weight excluding hydrogens is 1090 g/mol. The van der Waals surface area contributed by atoms with Crippen molar-refractivity contribution in [2.75, 3.05) is 59.8 Å². The third-order valence-corrected chi connectivity index (χ3v) is 16.6. The lowest BCUT2D eigenvalue weighted by Gasteiger charge is -2.31. The summed E-state index contributed by atoms with van der Waals surface area (Å²) in [7, 11) is 0. The predicted molar refractivity (Wildman–Crippen MR) is 301 cm³/mol. The molecular formula is C54H70N18O12. The Morgan fingerprint density at radius 1 is 0.524 bits per heavy atom. The molecule has 0 bridgehead atoms. The highest BCUT2D eigenvalue weighted by Gasteiger charge is 2.46. The highest BCUT2D eigenvalue weighted by atomic mass is 16.3. The molecule has 84 heavy (non-hydrogen) atoms. The van der Waals surface area contributed by atoms with Crippen LogP contribution in [0.5, 0.6) is 11.5 Å². The van der Waals surface area contributed by atoms with E-state index in [1.54, 1.807) is 57.7 Å². The van der Waals surface area contributed by atoms with Crippen molar-refractivity contribution >= 4 is 69.7 Å². The molecule has 2 aliphatic heterocycles. The van der Waals surface area contributed by atoms with Crippen LogP contribution in [0.1, 0.15) is 74.6 Å². The Bertz CT molecular complexity index is 3140. The molecule has 5 fully saturated rings. The van der Waals surface area contributed by atoms with Gasteiger partial charge in [0.05, 0.1) is 36.8 Å². The summed E-state index contributed by atoms with van der Waals surface area (Å²) >= 11 is 0. The van der Waals surface area contributed by atoms with Crippen molar-refractivity contribution in [2.24, 2.45) is 0 Å². The second-order valence-electron chi connectivity index (χ2n) is 22.3. The number of fused-ring (bicyclic) bond motifs is 2. The quantitative estimate of drug-likeness (QED) is 0.0473. The highest BCUT2D eigenvalue weighted by Crippen LogP contribution is 2.38. The van der Waals surface area contributed by atoms with Crippen molar-refractivity contribution in [1.29, 1.82) is 0 Å². The molecule has 0 radical (unpaired) electrons. The molecule has 30 nitrogen and oxygen atoms in total. The summed E-state index contributed by atoms with van der Waals surface area (Å²) in [6.07, 6.45) is 1.71. The lowest BCUT2D eigenvalue weighted by atomic mass is 9.91. The Morgan fingerprint density at radius 2 is 0.940 bits per heavy atom. The predicted octanol–water partition coefficient (Wildman–Crippen LogP) is -1.34. The zero-order valence-electron chi connectivity index (χ0n) is 45.7. The lowest BCUT2D eigenvalue weighted by Crippen LogP contribution is -2.44. The third-order valence-electron chi connectivity index (χ3n) is 16.6. The number of nitrogens with zero attached hydrogens (tertiary/aromatic N) is 10. The number of nitrogens with one attached hydrogen (secondary N) is 8. The third kappa shape index (κ3) is 12.6. The van der Waals surface area contributed by atoms with Gasteiger partial charge < -0.3 is 102 Å². The van der Waals surface area contributed by atoms with Crippen LogP contribution < -0.4 is 52.3 Å². The number of aliphatic hydroxyl groups excluding tert-OH is 6. The van der Waals surface area contributed by atoms with E-state index >= 15 is 0 Å². The average Bonchev–Trinajstić information content (AvgIpc) is 4.38. The number of amides is 6. The fourth-order valence-corrected chi connectivity index (χ4v) is 12.2. The van der Waals surface area contributed by atoms with Crippen LogP contribution >= 0.6 is 0 Å². The van der Waals surface area contributed by atoms with Gasteiger partial charge in [-0.2, -0.15) is 19.9 Å². The summed E-state index contributed by atoms with van der Waals surface area (Å²) < 4.78 is 3.34. The molecule has 2 saturated heterocycles. The number of phenolic OH excluding ortho intramolecular Hbond substituents is 2. The van der Waals surface area contributed by atoms with Gasteiger partial charge in [0.2, 0.25) is 23.7 Å². The number of anilines is 4. The molecule has 448 valence electrons. The number of carbonyl (C=O) groups is 4. The summed E-state index contributed by atoms with van der Waals surface area (Å²) in [5, 5.41) is 107. The molecule has 6 heterocycles. The van der Waals surface area contributed by atoms with E-state index in [9.17, 15) is 60.0 Å². The van der Waals surface area contributed by atoms with Crippen molar-refractivity contribution in [3.8, 4) is 11.5 Å². The summed E-state index contributed by atoms with van der Waals surface area (Å²) in [5.41, 5.74) is 3.01. The number of aliphatic hydroxyl groups is 6. The minimum absolute atomic E-state index is 0.0954. The van der Waals surface area contributed by atoms with Gasteiger partial charge in [-0.05, 0) is 86.8 Å². The molecule has 3 saturated carbocycles. The first-order chi connectivity index (χ1) is 40.6. The Labute approximate surface area is 480 Å². The van der Waals surface area contributed by atoms with E-state index in [0.717, 1.165) is 11.1 Å². The number of benzene rings is 2. The van der Waals surface area contributed by atoms with Gasteiger partial charge >= 0.3 is 12.1 Å². The second kappa shape index (κ2) is 24.8. The maximum absolute atomic E-state index is 13.0. The molecule has 0 unspecified atom stereocenters. The Balaban J connectivity index is 0.807. The van der Waals surface area contributed by atoms with Crippen molar-refractivity contribution in [1.82, 2.24) is 70.9 Å². The highest BCUT2D eigenvalue weighted by molar-refractivity contribution is 5.86. The maximum Gasteiger partial charge on any atom is 0.315 e. The smallest absolute Gasteiger partial charge is 0.315 e. The molecule has 5 aliphatic rings. The standard InChI is InChI=1S/C54H70N18O12/c73-23-39(77)63-35-17-37(45(81)43(35)79)71-25-57-41-47(65-51(67-49(41)71)69-13-11-31(21-69)61-53(83)55-19-27-3-1-5-33(75)15-27)59-29-7-9-30(10-8-29)60-48-42-50(72(26-58-42)38-18-36(44(80)46(38)82)64-40(78)24-74)68-52(66-48)70-14-12-32(22-70)62-54(84)56-20-28-4-2-6-34(76)16-28/h1-6,15-16,25-26,29-32,35-38,43-46,73-76,79-82H,7-14,17-24H2,(H,63,77)(H,64,78)(H2,55,61,83)(H2,56,62,84)(H,59,65,67)(H,60,66,68)/t29?,30?,31-,32-,35+,36+,37-,38-,43-,44-,45+,46+/m1/s1. The molecule has 30 heteroatoms. The summed E-state index contributed by atoms with van der Waals surface area (Å²) in [5.74, 6) is 0.345. The van der Waals surface area contributed by atoms with E-state index in [1.165, 1.54) is 12.7 Å². The zero-order valence-corrected chi connectivity index (χ0v) is 45.7. The number of carbonyl (C=O) groups excluding carboxylic acids is 4. The minimum Gasteiger partial charge on any atom is -0.508 e. The van der Waals surface area contributed by atoms with Gasteiger partial charge in [0.15, 0.2) is 34.0 Å². The summed E-state index contributed by atoms with van der Waals surface area (Å²) in [4.78, 5) is 83.8. The van der Waals surface area contributed by atoms with Gasteiger partial charge in [0.25, 0.3) is 0 Å². The lowest BCUT2D eigenvalue weighted by molar-refractivity contribution is -0.126. The summed E-state index contributed by atoms with van der Waals surface area (Å²) in [6.45, 7) is 0.564. The molecule has 6 amide bonds. The van der Waals surface area contributed by atoms with Crippen LogP contribution in [0.15, 0.2) is 61.2 Å². The number of hydrogen-bond donors (Lipinski definition) is 16. The van der Waals surface area contributed by atoms with Gasteiger partial charge in [-0.1, -0.05) is 24.3 Å². The van der Waals surface area contributed by atoms with E-state index in [2.05, 4.69) is 42.5 Å². The van der Waals surface area contributed by atoms with Crippen molar-refractivity contribution < 1.29 is 60.0 Å². The molecule has 11 rings (SSSR count). The number of imidazole rings is 2. The summed E-state index contributed by atoms with van der Waals surface area (Å²) in [6, 6.07) is 8.47. The molecule has 0 spiro atoms. The van der Waals surface area contributed by atoms with Crippen LogP contribution in [0.2, 0.25) is 0 Å². The van der Waals surface area contributed by atoms with E-state index in [4.69, 9.17) is 29.9 Å². The first kappa shape index (κ1) is 57.4. The fourth-order valence-electron chi connectivity index (χ4n) is 12.2. The largest absolute Gasteiger partial charge is 0.508 e. The number of hydrogen-bond acceptors (Lipinski definition) is 22. The monoisotopic (exact) mass is 1160 g/mol. The zero-order chi connectivity index (χ0) is 58.8. The first-order valence-corrected chi connectivity index (χ1v) is 28.3. The molecule has 4 aromatic heterocycles. The number of aromatic nitrogens is 8. The van der Waals surface area contributed by atoms with Crippen LogP contribution in [0.4, 0.5) is 33.1 Å². The van der Waals surface area contributed by atoms with Crippen LogP contribution in [-0.2, 0) is 22.7 Å². The van der Waals surface area contributed by atoms with Gasteiger partial charge in [-0.3, -0.25) is 9.59 Å². The molecule has 10 atom stereocenters. The van der Waals surface area contributed by atoms with Crippen LogP contribution in [-0.4, -0.2) is 204 Å². The van der Waals surface area contributed by atoms with Gasteiger partial charge in [0, 0.05) is 63.4 Å². The number of phenols is 2. The van der Waals surface area contributed by atoms with E-state index in [1.807, 2.05) is 9.80 Å². The first-order valence-electron chi connectivity index (χ1n) is 28.3. The van der Waals surface area contributed by atoms with Crippen molar-refractivity contribution in [2.45, 2.75) is 137 Å². The van der Waals surface area contributed by atoms with Crippen molar-refractivity contribution in [3.05, 3.63) is 72.3 Å². The topological polar surface area (TPSA) is 420 Å². The number of rotatable bonds is 18. The average molecular weight is 1160 g/mol. The molecule has 2 aromatic carbocycles. The van der Waals surface area contributed by atoms with Crippen LogP contribution in [0.3, 0.4) is 0 Å². The maximum atomic E-state index is 13.0. The van der Waals surface area contributed by atoms with E-state index < -0.39 is 73.6 Å². The van der Waals surface area contributed by atoms with E-state index in [0.29, 0.717) is 111 Å². The van der Waals surface area contributed by atoms with Gasteiger partial charge in [0.1, 0.15) is 49.1 Å². The fraction of sp³-hybridized carbons (Fsp3) is 0.519. The van der Waals surface area contributed by atoms with E-state index in [-0.39, 0.29) is 73.7 Å². The Hall–Kier alpha value is -8.42. The molecule has 3 aliphatic carbocycles. The van der Waals surface area contributed by atoms with Crippen LogP contribution in [0.25, 0.3) is 22.3 Å².